The van der Waals surface area contributed by atoms with Gasteiger partial charge in [0.25, 0.3) is 0 Å². The Kier molecular flexibility index (Phi) is 4.01. The van der Waals surface area contributed by atoms with Crippen molar-refractivity contribution in [3.05, 3.63) is 59.2 Å². The van der Waals surface area contributed by atoms with E-state index in [4.69, 9.17) is 9.47 Å². The second-order valence-corrected chi connectivity index (χ2v) is 6.94. The SMILES string of the molecule is C[C@H](CC(=O)c1ccc2c(c1)CCO2)CC1Cc2ccccc2O1. The van der Waals surface area contributed by atoms with Crippen LogP contribution in [0.1, 0.15) is 41.3 Å². The zero-order valence-corrected chi connectivity index (χ0v) is 14.0. The van der Waals surface area contributed by atoms with Gasteiger partial charge in [-0.2, -0.15) is 0 Å². The number of ether oxygens (including phenoxy) is 2. The first kappa shape index (κ1) is 15.3. The summed E-state index contributed by atoms with van der Waals surface area (Å²) in [5, 5.41) is 0. The third-order valence-corrected chi connectivity index (χ3v) is 4.92. The lowest BCUT2D eigenvalue weighted by atomic mass is 9.92. The summed E-state index contributed by atoms with van der Waals surface area (Å²) in [7, 11) is 0. The minimum absolute atomic E-state index is 0.193. The summed E-state index contributed by atoms with van der Waals surface area (Å²) in [6, 6.07) is 14.0. The minimum atomic E-state index is 0.193. The van der Waals surface area contributed by atoms with Gasteiger partial charge in [-0.15, -0.1) is 0 Å². The third-order valence-electron chi connectivity index (χ3n) is 4.92. The molecule has 2 aliphatic heterocycles. The Hall–Kier alpha value is -2.29. The first-order chi connectivity index (χ1) is 11.7. The molecule has 2 atom stereocenters. The molecule has 0 radical (unpaired) electrons. The van der Waals surface area contributed by atoms with E-state index in [2.05, 4.69) is 19.1 Å². The highest BCUT2D eigenvalue weighted by Gasteiger charge is 2.25. The van der Waals surface area contributed by atoms with Gasteiger partial charge >= 0.3 is 0 Å². The molecule has 24 heavy (non-hydrogen) atoms. The number of rotatable bonds is 5. The molecule has 4 rings (SSSR count). The molecule has 2 heterocycles. The van der Waals surface area contributed by atoms with Crippen molar-refractivity contribution in [2.45, 2.75) is 38.7 Å². The van der Waals surface area contributed by atoms with E-state index in [0.717, 1.165) is 48.5 Å². The molecule has 124 valence electrons. The summed E-state index contributed by atoms with van der Waals surface area (Å²) < 4.78 is 11.5. The highest BCUT2D eigenvalue weighted by Crippen LogP contribution is 2.32. The molecule has 2 aromatic rings. The largest absolute Gasteiger partial charge is 0.493 e. The average molecular weight is 322 g/mol. The third kappa shape index (κ3) is 3.03. The maximum Gasteiger partial charge on any atom is 0.163 e. The van der Waals surface area contributed by atoms with Crippen LogP contribution < -0.4 is 9.47 Å². The average Bonchev–Trinajstić information content (AvgIpc) is 3.19. The number of fused-ring (bicyclic) bond motifs is 2. The zero-order valence-electron chi connectivity index (χ0n) is 14.0. The highest BCUT2D eigenvalue weighted by molar-refractivity contribution is 5.96. The Labute approximate surface area is 142 Å². The molecular weight excluding hydrogens is 300 g/mol. The van der Waals surface area contributed by atoms with Crippen LogP contribution in [0.2, 0.25) is 0 Å². The zero-order chi connectivity index (χ0) is 16.5. The van der Waals surface area contributed by atoms with Gasteiger partial charge in [-0.3, -0.25) is 4.79 Å². The van der Waals surface area contributed by atoms with Crippen LogP contribution in [0, 0.1) is 5.92 Å². The number of hydrogen-bond donors (Lipinski definition) is 0. The first-order valence-electron chi connectivity index (χ1n) is 8.72. The Morgan fingerprint density at radius 3 is 2.92 bits per heavy atom. The van der Waals surface area contributed by atoms with Crippen LogP contribution in [0.15, 0.2) is 42.5 Å². The fraction of sp³-hybridized carbons (Fsp3) is 0.381. The van der Waals surface area contributed by atoms with Gasteiger partial charge in [-0.05, 0) is 47.7 Å². The van der Waals surface area contributed by atoms with Gasteiger partial charge in [0.2, 0.25) is 0 Å². The van der Waals surface area contributed by atoms with Gasteiger partial charge < -0.3 is 9.47 Å². The minimum Gasteiger partial charge on any atom is -0.493 e. The number of hydrogen-bond acceptors (Lipinski definition) is 3. The van der Waals surface area contributed by atoms with Crippen molar-refractivity contribution in [2.24, 2.45) is 5.92 Å². The summed E-state index contributed by atoms with van der Waals surface area (Å²) in [6.45, 7) is 2.86. The number of carbonyl (C=O) groups is 1. The van der Waals surface area contributed by atoms with Gasteiger partial charge in [-0.1, -0.05) is 25.1 Å². The molecule has 3 nitrogen and oxygen atoms in total. The molecule has 0 amide bonds. The molecule has 2 aliphatic rings. The molecule has 0 aliphatic carbocycles. The smallest absolute Gasteiger partial charge is 0.163 e. The molecule has 0 saturated carbocycles. The van der Waals surface area contributed by atoms with E-state index in [9.17, 15) is 4.79 Å². The van der Waals surface area contributed by atoms with E-state index in [1.807, 2.05) is 30.3 Å². The molecule has 0 aromatic heterocycles. The van der Waals surface area contributed by atoms with E-state index >= 15 is 0 Å². The van der Waals surface area contributed by atoms with Crippen LogP contribution in [-0.2, 0) is 12.8 Å². The summed E-state index contributed by atoms with van der Waals surface area (Å²) >= 11 is 0. The van der Waals surface area contributed by atoms with Crippen LogP contribution in [0.5, 0.6) is 11.5 Å². The van der Waals surface area contributed by atoms with Gasteiger partial charge in [-0.25, -0.2) is 0 Å². The Balaban J connectivity index is 1.35. The molecule has 0 bridgehead atoms. The Morgan fingerprint density at radius 1 is 1.17 bits per heavy atom. The second-order valence-electron chi connectivity index (χ2n) is 6.94. The molecule has 0 N–H and O–H groups in total. The van der Waals surface area contributed by atoms with Crippen molar-refractivity contribution in [1.29, 1.82) is 0 Å². The van der Waals surface area contributed by atoms with Gasteiger partial charge in [0.05, 0.1) is 6.61 Å². The van der Waals surface area contributed by atoms with Gasteiger partial charge in [0.15, 0.2) is 5.78 Å². The predicted molar refractivity (Wildman–Crippen MR) is 92.9 cm³/mol. The Morgan fingerprint density at radius 2 is 2.04 bits per heavy atom. The summed E-state index contributed by atoms with van der Waals surface area (Å²) in [5.41, 5.74) is 3.24. The van der Waals surface area contributed by atoms with Crippen LogP contribution in [0.4, 0.5) is 0 Å². The van der Waals surface area contributed by atoms with Gasteiger partial charge in [0.1, 0.15) is 17.6 Å². The fourth-order valence-corrected chi connectivity index (χ4v) is 3.71. The summed E-state index contributed by atoms with van der Waals surface area (Å²) in [4.78, 5) is 12.6. The quantitative estimate of drug-likeness (QED) is 0.773. The molecule has 0 fully saturated rings. The standard InChI is InChI=1S/C21H22O3/c1-14(10-18-13-16-4-2-3-5-21(16)24-18)11-19(22)15-6-7-20-17(12-15)8-9-23-20/h2-7,12,14,18H,8-11,13H2,1H3/t14-,18?/m0/s1. The predicted octanol–water partition coefficient (Wildman–Crippen LogP) is 4.22. The fourth-order valence-electron chi connectivity index (χ4n) is 3.71. The highest BCUT2D eigenvalue weighted by atomic mass is 16.5. The second kappa shape index (κ2) is 6.31. The van der Waals surface area contributed by atoms with Crippen molar-refractivity contribution < 1.29 is 14.3 Å². The van der Waals surface area contributed by atoms with E-state index < -0.39 is 0 Å². The normalized spacial score (nSPS) is 19.1. The lowest BCUT2D eigenvalue weighted by Crippen LogP contribution is -2.18. The summed E-state index contributed by atoms with van der Waals surface area (Å²) in [5.74, 6) is 2.45. The van der Waals surface area contributed by atoms with Crippen LogP contribution in [0.3, 0.4) is 0 Å². The summed E-state index contributed by atoms with van der Waals surface area (Å²) in [6.07, 6.45) is 3.52. The van der Waals surface area contributed by atoms with Crippen LogP contribution in [0.25, 0.3) is 0 Å². The molecule has 1 unspecified atom stereocenters. The number of benzene rings is 2. The van der Waals surface area contributed by atoms with E-state index in [1.54, 1.807) is 0 Å². The monoisotopic (exact) mass is 322 g/mol. The van der Waals surface area contributed by atoms with E-state index in [-0.39, 0.29) is 11.9 Å². The van der Waals surface area contributed by atoms with E-state index in [1.165, 1.54) is 5.56 Å². The van der Waals surface area contributed by atoms with Crippen molar-refractivity contribution in [1.82, 2.24) is 0 Å². The number of para-hydroxylation sites is 1. The van der Waals surface area contributed by atoms with Gasteiger partial charge in [0, 0.05) is 24.8 Å². The van der Waals surface area contributed by atoms with Crippen LogP contribution in [-0.4, -0.2) is 18.5 Å². The lowest BCUT2D eigenvalue weighted by Gasteiger charge is -2.16. The molecule has 0 saturated heterocycles. The molecule has 0 spiro atoms. The maximum absolute atomic E-state index is 12.6. The molecule has 2 aromatic carbocycles. The Bertz CT molecular complexity index is 740. The van der Waals surface area contributed by atoms with Crippen molar-refractivity contribution in [3.63, 3.8) is 0 Å². The first-order valence-corrected chi connectivity index (χ1v) is 8.72. The molecule has 3 heteroatoms. The molecular formula is C21H22O3. The van der Waals surface area contributed by atoms with Crippen molar-refractivity contribution in [2.75, 3.05) is 6.61 Å². The lowest BCUT2D eigenvalue weighted by molar-refractivity contribution is 0.0950. The van der Waals surface area contributed by atoms with E-state index in [0.29, 0.717) is 12.3 Å². The number of Topliss-reactive ketones (excluding diaryl/α,β-unsaturated/α-hetero) is 1. The topological polar surface area (TPSA) is 35.5 Å². The van der Waals surface area contributed by atoms with Crippen LogP contribution >= 0.6 is 0 Å². The number of ketones is 1. The van der Waals surface area contributed by atoms with Crippen molar-refractivity contribution in [3.8, 4) is 11.5 Å². The maximum atomic E-state index is 12.6. The van der Waals surface area contributed by atoms with Crippen molar-refractivity contribution >= 4 is 5.78 Å². The number of carbonyl (C=O) groups excluding carboxylic acids is 1.